The molecule has 0 unspecified atom stereocenters. The van der Waals surface area contributed by atoms with Crippen molar-refractivity contribution in [2.75, 3.05) is 68.6 Å². The van der Waals surface area contributed by atoms with E-state index in [9.17, 15) is 9.59 Å². The molecule has 0 fully saturated rings. The Morgan fingerprint density at radius 3 is 1.16 bits per heavy atom. The third kappa shape index (κ3) is 50.1. The number of hydrogen-bond donors (Lipinski definition) is 5. The maximum atomic E-state index is 11.5. The number of ketones is 2. The van der Waals surface area contributed by atoms with Gasteiger partial charge in [0.15, 0.2) is 5.78 Å². The maximum Gasteiger partial charge on any atom is 0.217 e. The highest BCUT2D eigenvalue weighted by atomic mass is 79.9. The zero-order valence-corrected chi connectivity index (χ0v) is 61.4. The summed E-state index contributed by atoms with van der Waals surface area (Å²) >= 11 is 3.18. The van der Waals surface area contributed by atoms with Crippen LogP contribution in [0.25, 0.3) is 0 Å². The van der Waals surface area contributed by atoms with Crippen LogP contribution in [0, 0.1) is 35.8 Å². The zero-order valence-electron chi connectivity index (χ0n) is 57.8. The zero-order chi connectivity index (χ0) is 69.0. The minimum absolute atomic E-state index is 0. The first-order valence-corrected chi connectivity index (χ1v) is 38.3. The fraction of sp³-hybridized carbons (Fsp3) is 0.500. The van der Waals surface area contributed by atoms with Crippen LogP contribution in [0.1, 0.15) is 146 Å². The molecule has 0 aliphatic heterocycles. The van der Waals surface area contributed by atoms with Crippen LogP contribution in [-0.2, 0) is 42.5 Å². The van der Waals surface area contributed by atoms with E-state index in [2.05, 4.69) is 131 Å². The molecule has 91 heavy (non-hydrogen) atoms. The number of aliphatic hydroxyl groups excluding tert-OH is 5. The van der Waals surface area contributed by atoms with Gasteiger partial charge in [-0.05, 0) is 114 Å². The van der Waals surface area contributed by atoms with Gasteiger partial charge in [0.1, 0.15) is 43.5 Å². The Bertz CT molecular complexity index is 2760. The first-order chi connectivity index (χ1) is 42.6. The van der Waals surface area contributed by atoms with Crippen molar-refractivity contribution in [3.8, 4) is 35.8 Å². The number of aromatic nitrogens is 5. The number of unbranched alkanes of at least 4 members (excludes halogenated alkanes) is 4. The molecule has 5 heterocycles. The summed E-state index contributed by atoms with van der Waals surface area (Å²) in [5, 5.41) is 43.4. The van der Waals surface area contributed by atoms with E-state index >= 15 is 0 Å². The number of rotatable bonds is 24. The van der Waals surface area contributed by atoms with E-state index in [1.807, 2.05) is 51.3 Å². The summed E-state index contributed by atoms with van der Waals surface area (Å²) in [6.07, 6.45) is 32.0. The average molecular weight is 1360 g/mol. The second-order valence-electron chi connectivity index (χ2n) is 23.1. The summed E-state index contributed by atoms with van der Waals surface area (Å²) in [6.45, 7) is 29.5. The highest BCUT2D eigenvalue weighted by Gasteiger charge is 2.24. The molecule has 5 aromatic rings. The molecule has 506 valence electrons. The Morgan fingerprint density at radius 1 is 0.571 bits per heavy atom. The number of hydrogen-bond acceptors (Lipinski definition) is 16. The van der Waals surface area contributed by atoms with Crippen molar-refractivity contribution in [1.29, 1.82) is 0 Å². The summed E-state index contributed by atoms with van der Waals surface area (Å²) in [4.78, 5) is 45.5. The van der Waals surface area contributed by atoms with E-state index in [1.165, 1.54) is 107 Å². The molecule has 0 aliphatic carbocycles. The molecule has 0 atom stereocenters. The van der Waals surface area contributed by atoms with Gasteiger partial charge in [-0.2, -0.15) is 0 Å². The third-order valence-electron chi connectivity index (χ3n) is 12.1. The van der Waals surface area contributed by atoms with Crippen LogP contribution in [0.3, 0.4) is 0 Å². The number of carbonyl (C=O) groups is 2. The fourth-order valence-electron chi connectivity index (χ4n) is 6.80. The van der Waals surface area contributed by atoms with Gasteiger partial charge in [-0.1, -0.05) is 135 Å². The fourth-order valence-corrected chi connectivity index (χ4v) is 7.54. The molecular formula is C70H110BrFN8O9Si2. The lowest BCUT2D eigenvalue weighted by atomic mass is 10.1. The van der Waals surface area contributed by atoms with Crippen LogP contribution < -0.4 is 4.70 Å². The molecule has 5 N–H and O–H groups in total. The number of pyridine rings is 5. The predicted molar refractivity (Wildman–Crippen MR) is 377 cm³/mol. The number of ether oxygens (including phenoxy) is 2. The predicted octanol–water partition coefficient (Wildman–Crippen LogP) is 8.93. The molecule has 0 saturated heterocycles. The number of aliphatic hydroxyl groups is 5. The minimum atomic E-state index is -1.31. The number of allylic oxidation sites excluding steroid dienone is 1. The Labute approximate surface area is 557 Å². The lowest BCUT2D eigenvalue weighted by molar-refractivity contribution is -0.929. The molecule has 0 amide bonds. The smallest absolute Gasteiger partial charge is 0.217 e. The summed E-state index contributed by atoms with van der Waals surface area (Å²) in [5.74, 6) is 5.23. The van der Waals surface area contributed by atoms with Crippen LogP contribution in [0.15, 0.2) is 109 Å². The van der Waals surface area contributed by atoms with Gasteiger partial charge in [-0.3, -0.25) is 24.5 Å². The van der Waals surface area contributed by atoms with Crippen LogP contribution in [0.5, 0.6) is 0 Å². The van der Waals surface area contributed by atoms with E-state index in [0.717, 1.165) is 32.6 Å². The molecule has 0 aliphatic rings. The molecule has 0 saturated carbocycles. The molecule has 21 heteroatoms. The first-order valence-electron chi connectivity index (χ1n) is 30.5. The van der Waals surface area contributed by atoms with Gasteiger partial charge in [0.05, 0.1) is 59.2 Å². The summed E-state index contributed by atoms with van der Waals surface area (Å²) in [7, 11) is 8.25. The third-order valence-corrected chi connectivity index (χ3v) is 14.3. The molecule has 5 rings (SSSR count). The Balaban J connectivity index is -0.000000483. The second-order valence-corrected chi connectivity index (χ2v) is 33.5. The molecule has 0 bridgehead atoms. The van der Waals surface area contributed by atoms with Gasteiger partial charge < -0.3 is 49.1 Å². The van der Waals surface area contributed by atoms with E-state index < -0.39 is 16.1 Å². The summed E-state index contributed by atoms with van der Waals surface area (Å²) in [6, 6.07) is 17.3. The maximum absolute atomic E-state index is 11.5. The van der Waals surface area contributed by atoms with E-state index in [0.29, 0.717) is 22.6 Å². The normalized spacial score (nSPS) is 10.4. The van der Waals surface area contributed by atoms with Crippen LogP contribution in [0.4, 0.5) is 0 Å². The highest BCUT2D eigenvalue weighted by molar-refractivity contribution is 9.10. The number of nitrogens with zero attached hydrogens (tertiary/aromatic N) is 8. The van der Waals surface area contributed by atoms with Crippen LogP contribution in [-0.4, -0.2) is 167 Å². The number of quaternary nitrogens is 1. The van der Waals surface area contributed by atoms with Gasteiger partial charge in [0, 0.05) is 78.5 Å². The molecule has 0 spiro atoms. The quantitative estimate of drug-likeness (QED) is 0.00740. The summed E-state index contributed by atoms with van der Waals surface area (Å²) < 4.78 is 11.9. The number of carbonyl (C=O) groups excluding carboxylic acids is 2. The SMILES string of the molecule is C#C[Si](C)(C)C.C#Cc1ccc(CO)cn1.CC(=O)c1ccc(CO)cn1.CCCC[N+](CCCC)(CCCC)CCCC.CN(C)/C=C/C(=O)c1ccc(CO)cn1.COC(OC)N(C)C.C[Si](C)(C)C#Cc1ccc(CO)cn1.OCc1ccc(Br)nc1.[F-]. The Kier molecular flexibility index (Phi) is 55.6. The van der Waals surface area contributed by atoms with Crippen molar-refractivity contribution in [3.05, 3.63) is 159 Å². The van der Waals surface area contributed by atoms with Crippen molar-refractivity contribution in [1.82, 2.24) is 34.7 Å². The Morgan fingerprint density at radius 2 is 0.923 bits per heavy atom. The summed E-state index contributed by atoms with van der Waals surface area (Å²) in [5.41, 5.74) is 12.0. The molecule has 0 aromatic carbocycles. The topological polar surface area (TPSA) is 225 Å². The monoisotopic (exact) mass is 1360 g/mol. The number of Topliss-reactive ketones (excluding diaryl/α,β-unsaturated/α-hetero) is 1. The molecule has 5 aromatic heterocycles. The standard InChI is InChI=1S/C16H36N.C11H14N2O2.C11H15NOSi.C8H9NO2.C8H7NO.C6H6BrNO.C5H13NO2.C5H10Si.FH/c1-5-9-13-17(14-10-6-2,15-11-7-3)16-12-8-4;1-13(2)6-5-11(15)10-4-3-9(8-14)7-12-10;1-14(2,3)7-6-11-5-4-10(9-13)8-12-11;1-6(11)8-3-2-7(5-10)4-9-8;1-2-8-4-3-7(6-10)5-9-8;7-6-2-1-5(4-9)3-8-6;1-6(2)5(7-3)8-4;1-5-6(2,3)4;/h5-16H2,1-4H3;3-7,14H,8H2,1-2H3;4-5,8,13H,9H2,1-3H3;2-4,10H,5H2,1H3;1,3-5,10H,6H2;1-3,9H,4H2;5H,1-4H3;1H,2-4H3;1H/q+1;;;;;;;;/p-1/b;6-5+;;;;;;;. The van der Waals surface area contributed by atoms with Gasteiger partial charge in [0.25, 0.3) is 0 Å². The van der Waals surface area contributed by atoms with E-state index in [-0.39, 0.29) is 55.7 Å². The molecular weight excluding hydrogens is 1250 g/mol. The minimum Gasteiger partial charge on any atom is -1.00 e. The van der Waals surface area contributed by atoms with Gasteiger partial charge >= 0.3 is 0 Å². The van der Waals surface area contributed by atoms with Crippen molar-refractivity contribution < 1.29 is 53.8 Å². The van der Waals surface area contributed by atoms with Gasteiger partial charge in [0.2, 0.25) is 12.2 Å². The van der Waals surface area contributed by atoms with E-state index in [4.69, 9.17) is 47.9 Å². The first kappa shape index (κ1) is 91.2. The largest absolute Gasteiger partial charge is 1.00 e. The van der Waals surface area contributed by atoms with Crippen molar-refractivity contribution in [3.63, 3.8) is 0 Å². The highest BCUT2D eigenvalue weighted by Crippen LogP contribution is 2.17. The number of halogens is 2. The number of methoxy groups -OCH3 is 2. The number of terminal acetylenes is 2. The van der Waals surface area contributed by atoms with Crippen LogP contribution >= 0.6 is 15.9 Å². The Hall–Kier alpha value is -6.21. The van der Waals surface area contributed by atoms with Crippen molar-refractivity contribution in [2.45, 2.75) is 165 Å². The molecule has 17 nitrogen and oxygen atoms in total. The van der Waals surface area contributed by atoms with Gasteiger partial charge in [-0.25, -0.2) is 15.0 Å². The van der Waals surface area contributed by atoms with Crippen molar-refractivity contribution in [2.24, 2.45) is 0 Å². The average Bonchev–Trinajstić information content (AvgIpc) is 2.52. The van der Waals surface area contributed by atoms with E-state index in [1.54, 1.807) is 86.4 Å². The van der Waals surface area contributed by atoms with Crippen molar-refractivity contribution >= 4 is 43.6 Å². The lowest BCUT2D eigenvalue weighted by Crippen LogP contribution is -3.00. The van der Waals surface area contributed by atoms with Gasteiger partial charge in [-0.15, -0.1) is 23.9 Å². The van der Waals surface area contributed by atoms with Crippen LogP contribution in [0.2, 0.25) is 39.3 Å². The second kappa shape index (κ2) is 55.4. The molecule has 0 radical (unpaired) electrons. The lowest BCUT2D eigenvalue weighted by Gasteiger charge is -2.39.